The highest BCUT2D eigenvalue weighted by Crippen LogP contribution is 2.27. The molecule has 2 aromatic carbocycles. The predicted octanol–water partition coefficient (Wildman–Crippen LogP) is 1.81. The van der Waals surface area contributed by atoms with Crippen molar-refractivity contribution in [2.24, 2.45) is 0 Å². The lowest BCUT2D eigenvalue weighted by molar-refractivity contribution is -0.122. The van der Waals surface area contributed by atoms with Gasteiger partial charge in [-0.1, -0.05) is 19.1 Å². The van der Waals surface area contributed by atoms with E-state index in [1.54, 1.807) is 50.4 Å². The van der Waals surface area contributed by atoms with Crippen molar-refractivity contribution >= 4 is 23.4 Å². The number of anilines is 1. The van der Waals surface area contributed by atoms with Gasteiger partial charge in [-0.2, -0.15) is 5.10 Å². The summed E-state index contributed by atoms with van der Waals surface area (Å²) in [6.07, 6.45) is 0.367. The SMILES string of the molecule is CCC(=O)Nc1ccc(C(=O)NCCNC(=O)Cn2nc(-c3ccccc3OC)ccc2=O)cc1. The highest BCUT2D eigenvalue weighted by Gasteiger charge is 2.11. The van der Waals surface area contributed by atoms with Crippen LogP contribution in [0.2, 0.25) is 0 Å². The molecule has 3 rings (SSSR count). The summed E-state index contributed by atoms with van der Waals surface area (Å²) in [6.45, 7) is 1.86. The molecule has 0 spiro atoms. The van der Waals surface area contributed by atoms with Crippen molar-refractivity contribution in [1.29, 1.82) is 0 Å². The van der Waals surface area contributed by atoms with E-state index < -0.39 is 11.5 Å². The number of carbonyl (C=O) groups excluding carboxylic acids is 3. The van der Waals surface area contributed by atoms with Crippen LogP contribution in [0.4, 0.5) is 5.69 Å². The van der Waals surface area contributed by atoms with Crippen LogP contribution in [0, 0.1) is 0 Å². The molecule has 1 aromatic heterocycles. The largest absolute Gasteiger partial charge is 0.496 e. The van der Waals surface area contributed by atoms with E-state index >= 15 is 0 Å². The van der Waals surface area contributed by atoms with Gasteiger partial charge in [0.1, 0.15) is 12.3 Å². The number of para-hydroxylation sites is 1. The molecule has 0 aliphatic carbocycles. The van der Waals surface area contributed by atoms with E-state index in [4.69, 9.17) is 4.74 Å². The molecule has 0 aliphatic rings. The van der Waals surface area contributed by atoms with Gasteiger partial charge in [0.15, 0.2) is 0 Å². The van der Waals surface area contributed by atoms with Gasteiger partial charge in [0.25, 0.3) is 11.5 Å². The van der Waals surface area contributed by atoms with Crippen molar-refractivity contribution in [1.82, 2.24) is 20.4 Å². The fourth-order valence-electron chi connectivity index (χ4n) is 3.19. The van der Waals surface area contributed by atoms with Crippen LogP contribution in [0.25, 0.3) is 11.3 Å². The third-order valence-corrected chi connectivity index (χ3v) is 5.03. The molecule has 3 aromatic rings. The lowest BCUT2D eigenvalue weighted by Crippen LogP contribution is -2.38. The number of amides is 3. The molecule has 10 heteroatoms. The maximum atomic E-state index is 12.3. The van der Waals surface area contributed by atoms with Crippen molar-refractivity contribution in [3.05, 3.63) is 76.6 Å². The Morgan fingerprint density at radius 2 is 1.63 bits per heavy atom. The summed E-state index contributed by atoms with van der Waals surface area (Å²) in [5.74, 6) is -0.232. The zero-order valence-corrected chi connectivity index (χ0v) is 19.5. The minimum Gasteiger partial charge on any atom is -0.496 e. The first-order valence-electron chi connectivity index (χ1n) is 11.1. The van der Waals surface area contributed by atoms with E-state index in [1.165, 1.54) is 6.07 Å². The average molecular weight is 478 g/mol. The Bertz CT molecular complexity index is 1250. The first-order valence-corrected chi connectivity index (χ1v) is 11.1. The molecule has 0 saturated carbocycles. The number of methoxy groups -OCH3 is 1. The standard InChI is InChI=1S/C25H27N5O5/c1-3-22(31)28-18-10-8-17(9-11-18)25(34)27-15-14-26-23(32)16-30-24(33)13-12-20(29-30)19-6-4-5-7-21(19)35-2/h4-13H,3,14-16H2,1-2H3,(H,26,32)(H,27,34)(H,28,31). The highest BCUT2D eigenvalue weighted by molar-refractivity contribution is 5.95. The molecule has 35 heavy (non-hydrogen) atoms. The number of aromatic nitrogens is 2. The van der Waals surface area contributed by atoms with Gasteiger partial charge in [0, 0.05) is 42.4 Å². The molecular weight excluding hydrogens is 450 g/mol. The van der Waals surface area contributed by atoms with Crippen LogP contribution >= 0.6 is 0 Å². The lowest BCUT2D eigenvalue weighted by Gasteiger charge is -2.11. The van der Waals surface area contributed by atoms with Crippen LogP contribution in [0.15, 0.2) is 65.5 Å². The molecule has 3 amide bonds. The highest BCUT2D eigenvalue weighted by atomic mass is 16.5. The first kappa shape index (κ1) is 25.2. The van der Waals surface area contributed by atoms with E-state index in [2.05, 4.69) is 21.0 Å². The Hall–Kier alpha value is -4.47. The van der Waals surface area contributed by atoms with Crippen LogP contribution in [-0.4, -0.2) is 47.7 Å². The van der Waals surface area contributed by atoms with Gasteiger partial charge in [-0.05, 0) is 42.5 Å². The molecule has 0 unspecified atom stereocenters. The van der Waals surface area contributed by atoms with E-state index in [9.17, 15) is 19.2 Å². The molecule has 3 N–H and O–H groups in total. The minimum absolute atomic E-state index is 0.109. The van der Waals surface area contributed by atoms with E-state index in [0.29, 0.717) is 34.7 Å². The average Bonchev–Trinajstić information content (AvgIpc) is 2.88. The molecule has 0 fully saturated rings. The summed E-state index contributed by atoms with van der Waals surface area (Å²) >= 11 is 0. The molecule has 10 nitrogen and oxygen atoms in total. The van der Waals surface area contributed by atoms with Crippen LogP contribution in [-0.2, 0) is 16.1 Å². The lowest BCUT2D eigenvalue weighted by atomic mass is 10.1. The Labute approximate surface area is 202 Å². The third-order valence-electron chi connectivity index (χ3n) is 5.03. The van der Waals surface area contributed by atoms with Crippen molar-refractivity contribution in [3.8, 4) is 17.0 Å². The smallest absolute Gasteiger partial charge is 0.267 e. The number of nitrogens with zero attached hydrogens (tertiary/aromatic N) is 2. The zero-order chi connectivity index (χ0) is 25.2. The maximum absolute atomic E-state index is 12.3. The van der Waals surface area contributed by atoms with Gasteiger partial charge in [-0.3, -0.25) is 19.2 Å². The van der Waals surface area contributed by atoms with Crippen molar-refractivity contribution in [3.63, 3.8) is 0 Å². The van der Waals surface area contributed by atoms with Crippen LogP contribution < -0.4 is 26.2 Å². The van der Waals surface area contributed by atoms with E-state index in [1.807, 2.05) is 18.2 Å². The summed E-state index contributed by atoms with van der Waals surface area (Å²) in [7, 11) is 1.54. The third kappa shape index (κ3) is 7.00. The molecule has 0 saturated heterocycles. The van der Waals surface area contributed by atoms with Crippen LogP contribution in [0.5, 0.6) is 5.75 Å². The van der Waals surface area contributed by atoms with Crippen LogP contribution in [0.3, 0.4) is 0 Å². The molecule has 0 aliphatic heterocycles. The summed E-state index contributed by atoms with van der Waals surface area (Å²) in [6, 6.07) is 16.7. The normalized spacial score (nSPS) is 10.3. The molecular formula is C25H27N5O5. The number of hydrogen-bond acceptors (Lipinski definition) is 6. The van der Waals surface area contributed by atoms with Gasteiger partial charge >= 0.3 is 0 Å². The van der Waals surface area contributed by atoms with Gasteiger partial charge in [-0.25, -0.2) is 4.68 Å². The number of rotatable bonds is 10. The molecule has 1 heterocycles. The Balaban J connectivity index is 1.50. The van der Waals surface area contributed by atoms with Crippen molar-refractivity contribution in [2.45, 2.75) is 19.9 Å². The predicted molar refractivity (Wildman–Crippen MR) is 131 cm³/mol. The van der Waals surface area contributed by atoms with E-state index in [-0.39, 0.29) is 31.4 Å². The van der Waals surface area contributed by atoms with Crippen molar-refractivity contribution < 1.29 is 19.1 Å². The molecule has 182 valence electrons. The Kier molecular flexibility index (Phi) is 8.71. The monoisotopic (exact) mass is 477 g/mol. The van der Waals surface area contributed by atoms with E-state index in [0.717, 1.165) is 4.68 Å². The second-order valence-corrected chi connectivity index (χ2v) is 7.50. The number of hydrogen-bond donors (Lipinski definition) is 3. The van der Waals surface area contributed by atoms with Gasteiger partial charge < -0.3 is 20.7 Å². The van der Waals surface area contributed by atoms with Crippen molar-refractivity contribution in [2.75, 3.05) is 25.5 Å². The number of nitrogens with one attached hydrogen (secondary N) is 3. The maximum Gasteiger partial charge on any atom is 0.267 e. The topological polar surface area (TPSA) is 131 Å². The van der Waals surface area contributed by atoms with Crippen LogP contribution in [0.1, 0.15) is 23.7 Å². The fourth-order valence-corrected chi connectivity index (χ4v) is 3.19. The molecule has 0 atom stereocenters. The molecule has 0 bridgehead atoms. The van der Waals surface area contributed by atoms with Gasteiger partial charge in [0.05, 0.1) is 12.8 Å². The fraction of sp³-hybridized carbons (Fsp3) is 0.240. The second kappa shape index (κ2) is 12.1. The van der Waals surface area contributed by atoms with Gasteiger partial charge in [-0.15, -0.1) is 0 Å². The Morgan fingerprint density at radius 1 is 0.914 bits per heavy atom. The number of benzene rings is 2. The quantitative estimate of drug-likeness (QED) is 0.382. The summed E-state index contributed by atoms with van der Waals surface area (Å²) < 4.78 is 6.41. The first-order chi connectivity index (χ1) is 16.9. The summed E-state index contributed by atoms with van der Waals surface area (Å²) in [5, 5.41) is 12.4. The molecule has 0 radical (unpaired) electrons. The van der Waals surface area contributed by atoms with Gasteiger partial charge in [0.2, 0.25) is 11.8 Å². The minimum atomic E-state index is -0.415. The summed E-state index contributed by atoms with van der Waals surface area (Å²) in [4.78, 5) is 48.2. The number of carbonyl (C=O) groups is 3. The second-order valence-electron chi connectivity index (χ2n) is 7.50. The zero-order valence-electron chi connectivity index (χ0n) is 19.5. The number of ether oxygens (including phenoxy) is 1. The summed E-state index contributed by atoms with van der Waals surface area (Å²) in [5.41, 5.74) is 1.83. The Morgan fingerprint density at radius 3 is 2.34 bits per heavy atom.